The Kier molecular flexibility index (Phi) is 5.08. The number of rotatable bonds is 6. The third kappa shape index (κ3) is 3.77. The zero-order valence-electron chi connectivity index (χ0n) is 14.4. The monoisotopic (exact) mass is 374 g/mol. The van der Waals surface area contributed by atoms with E-state index in [1.807, 2.05) is 13.8 Å². The van der Waals surface area contributed by atoms with Crippen molar-refractivity contribution in [3.63, 3.8) is 0 Å². The number of aromatic nitrogens is 1. The van der Waals surface area contributed by atoms with E-state index in [0.717, 1.165) is 0 Å². The van der Waals surface area contributed by atoms with Crippen molar-refractivity contribution >= 4 is 15.7 Å². The van der Waals surface area contributed by atoms with Gasteiger partial charge in [0, 0.05) is 12.1 Å². The summed E-state index contributed by atoms with van der Waals surface area (Å²) in [6.07, 6.45) is 0. The molecule has 0 spiro atoms. The van der Waals surface area contributed by atoms with Crippen molar-refractivity contribution in [1.82, 2.24) is 4.98 Å². The highest BCUT2D eigenvalue weighted by Crippen LogP contribution is 2.32. The smallest absolute Gasteiger partial charge is 0.233 e. The fourth-order valence-electron chi connectivity index (χ4n) is 2.32. The standard InChI is InChI=1S/C19H19FN2O3S/c1-13(2)12-21-18-19(26(23,24)16-6-4-3-5-7-16)22-17(25-18)14-8-10-15(20)11-9-14/h3-11,13,21H,12H2,1-2H3. The van der Waals surface area contributed by atoms with Crippen LogP contribution < -0.4 is 5.32 Å². The number of nitrogens with one attached hydrogen (secondary N) is 1. The maximum Gasteiger partial charge on any atom is 0.233 e. The molecule has 3 aromatic rings. The molecule has 1 aromatic heterocycles. The summed E-state index contributed by atoms with van der Waals surface area (Å²) >= 11 is 0. The summed E-state index contributed by atoms with van der Waals surface area (Å²) in [6.45, 7) is 4.51. The molecule has 0 bridgehead atoms. The zero-order chi connectivity index (χ0) is 18.7. The van der Waals surface area contributed by atoms with Gasteiger partial charge in [-0.2, -0.15) is 4.98 Å². The second kappa shape index (κ2) is 7.29. The van der Waals surface area contributed by atoms with Crippen molar-refractivity contribution in [1.29, 1.82) is 0 Å². The van der Waals surface area contributed by atoms with Crippen LogP contribution in [-0.4, -0.2) is 19.9 Å². The number of hydrogen-bond acceptors (Lipinski definition) is 5. The van der Waals surface area contributed by atoms with E-state index in [2.05, 4.69) is 10.3 Å². The van der Waals surface area contributed by atoms with Crippen molar-refractivity contribution in [3.05, 3.63) is 60.4 Å². The molecule has 0 amide bonds. The summed E-state index contributed by atoms with van der Waals surface area (Å²) < 4.78 is 44.8. The van der Waals surface area contributed by atoms with Gasteiger partial charge in [0.15, 0.2) is 0 Å². The molecule has 0 aliphatic carbocycles. The Labute approximate surface area is 151 Å². The number of benzene rings is 2. The number of oxazole rings is 1. The minimum absolute atomic E-state index is 0.0851. The van der Waals surface area contributed by atoms with Crippen molar-refractivity contribution in [2.24, 2.45) is 5.92 Å². The number of halogens is 1. The van der Waals surface area contributed by atoms with Crippen LogP contribution in [0.5, 0.6) is 0 Å². The van der Waals surface area contributed by atoms with E-state index in [-0.39, 0.29) is 27.6 Å². The summed E-state index contributed by atoms with van der Waals surface area (Å²) in [4.78, 5) is 4.33. The summed E-state index contributed by atoms with van der Waals surface area (Å²) in [5.74, 6) is 0.0879. The predicted molar refractivity (Wildman–Crippen MR) is 97.1 cm³/mol. The molecule has 0 saturated carbocycles. The number of nitrogens with zero attached hydrogens (tertiary/aromatic N) is 1. The molecule has 5 nitrogen and oxygen atoms in total. The Bertz CT molecular complexity index is 981. The van der Waals surface area contributed by atoms with E-state index in [9.17, 15) is 12.8 Å². The lowest BCUT2D eigenvalue weighted by Gasteiger charge is -2.07. The third-order valence-corrected chi connectivity index (χ3v) is 5.34. The molecular formula is C19H19FN2O3S. The molecule has 1 heterocycles. The van der Waals surface area contributed by atoms with E-state index < -0.39 is 15.7 Å². The van der Waals surface area contributed by atoms with Crippen LogP contribution in [-0.2, 0) is 9.84 Å². The van der Waals surface area contributed by atoms with Gasteiger partial charge in [0.05, 0.1) is 4.90 Å². The molecule has 0 aliphatic heterocycles. The summed E-state index contributed by atoms with van der Waals surface area (Å²) in [5.41, 5.74) is 0.494. The van der Waals surface area contributed by atoms with Crippen molar-refractivity contribution in [2.45, 2.75) is 23.8 Å². The second-order valence-corrected chi connectivity index (χ2v) is 8.12. The Morgan fingerprint density at radius 1 is 1.08 bits per heavy atom. The van der Waals surface area contributed by atoms with Gasteiger partial charge in [0.2, 0.25) is 26.6 Å². The molecule has 0 radical (unpaired) electrons. The lowest BCUT2D eigenvalue weighted by atomic mass is 10.2. The van der Waals surface area contributed by atoms with Crippen molar-refractivity contribution in [3.8, 4) is 11.5 Å². The summed E-state index contributed by atoms with van der Waals surface area (Å²) in [6, 6.07) is 13.6. The van der Waals surface area contributed by atoms with E-state index in [0.29, 0.717) is 12.1 Å². The van der Waals surface area contributed by atoms with Gasteiger partial charge in [-0.1, -0.05) is 32.0 Å². The topological polar surface area (TPSA) is 72.2 Å². The third-order valence-electron chi connectivity index (χ3n) is 3.67. The number of anilines is 1. The molecule has 0 saturated heterocycles. The van der Waals surface area contributed by atoms with Gasteiger partial charge in [-0.05, 0) is 42.3 Å². The molecule has 0 atom stereocenters. The highest BCUT2D eigenvalue weighted by molar-refractivity contribution is 7.91. The van der Waals surface area contributed by atoms with Gasteiger partial charge in [-0.25, -0.2) is 12.8 Å². The van der Waals surface area contributed by atoms with Crippen molar-refractivity contribution < 1.29 is 17.2 Å². The molecule has 0 fully saturated rings. The van der Waals surface area contributed by atoms with Gasteiger partial charge in [0.25, 0.3) is 0 Å². The molecular weight excluding hydrogens is 355 g/mol. The first kappa shape index (κ1) is 18.1. The van der Waals surface area contributed by atoms with E-state index in [1.165, 1.54) is 36.4 Å². The van der Waals surface area contributed by atoms with E-state index in [1.54, 1.807) is 18.2 Å². The van der Waals surface area contributed by atoms with E-state index >= 15 is 0 Å². The fourth-order valence-corrected chi connectivity index (χ4v) is 3.62. The van der Waals surface area contributed by atoms with Gasteiger partial charge in [0.1, 0.15) is 5.82 Å². The normalized spacial score (nSPS) is 11.7. The summed E-state index contributed by atoms with van der Waals surface area (Å²) in [7, 11) is -3.85. The van der Waals surface area contributed by atoms with Gasteiger partial charge in [-0.15, -0.1) is 0 Å². The van der Waals surface area contributed by atoms with Crippen LogP contribution in [0.4, 0.5) is 10.3 Å². The first-order valence-electron chi connectivity index (χ1n) is 8.18. The van der Waals surface area contributed by atoms with Crippen molar-refractivity contribution in [2.75, 3.05) is 11.9 Å². The number of hydrogen-bond donors (Lipinski definition) is 1. The largest absolute Gasteiger partial charge is 0.419 e. The molecule has 1 N–H and O–H groups in total. The molecule has 136 valence electrons. The molecule has 0 unspecified atom stereocenters. The van der Waals surface area contributed by atoms with Crippen LogP contribution in [0, 0.1) is 11.7 Å². The number of sulfone groups is 1. The first-order chi connectivity index (χ1) is 12.4. The Hall–Kier alpha value is -2.67. The molecule has 2 aromatic carbocycles. The Balaban J connectivity index is 2.09. The quantitative estimate of drug-likeness (QED) is 0.693. The van der Waals surface area contributed by atoms with Crippen LogP contribution in [0.1, 0.15) is 13.8 Å². The minimum atomic E-state index is -3.85. The second-order valence-electron chi connectivity index (χ2n) is 6.25. The highest BCUT2D eigenvalue weighted by Gasteiger charge is 2.28. The zero-order valence-corrected chi connectivity index (χ0v) is 15.3. The first-order valence-corrected chi connectivity index (χ1v) is 9.67. The van der Waals surface area contributed by atoms with Crippen LogP contribution in [0.2, 0.25) is 0 Å². The minimum Gasteiger partial charge on any atom is -0.419 e. The fraction of sp³-hybridized carbons (Fsp3) is 0.211. The Morgan fingerprint density at radius 2 is 1.73 bits per heavy atom. The van der Waals surface area contributed by atoms with Gasteiger partial charge in [-0.3, -0.25) is 0 Å². The Morgan fingerprint density at radius 3 is 2.35 bits per heavy atom. The molecule has 0 aliphatic rings. The van der Waals surface area contributed by atoms with Gasteiger partial charge < -0.3 is 9.73 Å². The molecule has 3 rings (SSSR count). The van der Waals surface area contributed by atoms with E-state index in [4.69, 9.17) is 4.42 Å². The predicted octanol–water partition coefficient (Wildman–Crippen LogP) is 4.38. The summed E-state index contributed by atoms with van der Waals surface area (Å²) in [5, 5.41) is 2.83. The molecule has 7 heteroatoms. The maximum absolute atomic E-state index is 13.1. The average Bonchev–Trinajstić information content (AvgIpc) is 3.06. The average molecular weight is 374 g/mol. The molecule has 26 heavy (non-hydrogen) atoms. The van der Waals surface area contributed by atoms with Crippen LogP contribution in [0.25, 0.3) is 11.5 Å². The lowest BCUT2D eigenvalue weighted by Crippen LogP contribution is -2.11. The lowest BCUT2D eigenvalue weighted by molar-refractivity contribution is 0.567. The van der Waals surface area contributed by atoms with Crippen LogP contribution in [0.3, 0.4) is 0 Å². The van der Waals surface area contributed by atoms with Crippen LogP contribution in [0.15, 0.2) is 68.9 Å². The van der Waals surface area contributed by atoms with Crippen LogP contribution >= 0.6 is 0 Å². The SMILES string of the molecule is CC(C)CNc1oc(-c2ccc(F)cc2)nc1S(=O)(=O)c1ccccc1. The van der Waals surface area contributed by atoms with Gasteiger partial charge >= 0.3 is 0 Å². The highest BCUT2D eigenvalue weighted by atomic mass is 32.2. The maximum atomic E-state index is 13.1.